The van der Waals surface area contributed by atoms with Crippen LogP contribution in [0.5, 0.6) is 11.5 Å². The summed E-state index contributed by atoms with van der Waals surface area (Å²) in [6.07, 6.45) is 15.0. The number of benzene rings is 2. The van der Waals surface area contributed by atoms with E-state index < -0.39 is 0 Å². The second-order valence-electron chi connectivity index (χ2n) is 8.74. The molecule has 0 aliphatic heterocycles. The van der Waals surface area contributed by atoms with Crippen molar-refractivity contribution in [3.8, 4) is 22.6 Å². The highest BCUT2D eigenvalue weighted by molar-refractivity contribution is 5.74. The van der Waals surface area contributed by atoms with Crippen molar-refractivity contribution >= 4 is 11.4 Å². The number of hydrogen-bond acceptors (Lipinski definition) is 4. The molecule has 0 bridgehead atoms. The van der Waals surface area contributed by atoms with Gasteiger partial charge in [-0.25, -0.2) is 0 Å². The molecule has 4 N–H and O–H groups in total. The Bertz CT molecular complexity index is 711. The molecule has 0 radical (unpaired) electrons. The third-order valence-electron chi connectivity index (χ3n) is 5.86. The van der Waals surface area contributed by atoms with E-state index in [0.717, 1.165) is 35.5 Å². The molecule has 0 amide bonds. The molecule has 4 nitrogen and oxygen atoms in total. The lowest BCUT2D eigenvalue weighted by Crippen LogP contribution is -2.01. The van der Waals surface area contributed by atoms with Crippen molar-refractivity contribution in [3.63, 3.8) is 0 Å². The van der Waals surface area contributed by atoms with Crippen LogP contribution in [0.3, 0.4) is 0 Å². The monoisotopic (exact) mass is 440 g/mol. The van der Waals surface area contributed by atoms with Crippen LogP contribution in [-0.4, -0.2) is 13.2 Å². The molecule has 0 atom stereocenters. The summed E-state index contributed by atoms with van der Waals surface area (Å²) in [6, 6.07) is 11.9. The highest BCUT2D eigenvalue weighted by Crippen LogP contribution is 2.32. The maximum absolute atomic E-state index is 6.25. The fourth-order valence-electron chi connectivity index (χ4n) is 3.85. The summed E-state index contributed by atoms with van der Waals surface area (Å²) in [4.78, 5) is 0. The van der Waals surface area contributed by atoms with E-state index in [2.05, 4.69) is 13.8 Å². The van der Waals surface area contributed by atoms with E-state index in [9.17, 15) is 0 Å². The minimum atomic E-state index is 0.662. The van der Waals surface area contributed by atoms with E-state index in [-0.39, 0.29) is 0 Å². The highest BCUT2D eigenvalue weighted by Gasteiger charge is 2.07. The van der Waals surface area contributed by atoms with Gasteiger partial charge < -0.3 is 20.9 Å². The molecule has 178 valence electrons. The molecule has 0 unspecified atom stereocenters. The van der Waals surface area contributed by atoms with E-state index in [0.29, 0.717) is 24.6 Å². The van der Waals surface area contributed by atoms with Gasteiger partial charge in [-0.15, -0.1) is 0 Å². The Balaban J connectivity index is 1.80. The van der Waals surface area contributed by atoms with Gasteiger partial charge in [0.05, 0.1) is 24.6 Å². The molecule has 0 spiro atoms. The summed E-state index contributed by atoms with van der Waals surface area (Å²) in [7, 11) is 0. The van der Waals surface area contributed by atoms with E-state index in [1.807, 2.05) is 36.4 Å². The molecule has 32 heavy (non-hydrogen) atoms. The van der Waals surface area contributed by atoms with Crippen molar-refractivity contribution in [2.75, 3.05) is 24.7 Å². The molecule has 2 rings (SSSR count). The summed E-state index contributed by atoms with van der Waals surface area (Å²) in [5.41, 5.74) is 15.9. The van der Waals surface area contributed by atoms with E-state index >= 15 is 0 Å². The molecule has 0 aromatic heterocycles. The van der Waals surface area contributed by atoms with Gasteiger partial charge in [0, 0.05) is 0 Å². The van der Waals surface area contributed by atoms with Crippen LogP contribution in [0, 0.1) is 0 Å². The van der Waals surface area contributed by atoms with Crippen LogP contribution in [0.15, 0.2) is 36.4 Å². The van der Waals surface area contributed by atoms with Crippen molar-refractivity contribution in [1.29, 1.82) is 0 Å². The first kappa shape index (κ1) is 25.9. The number of anilines is 2. The van der Waals surface area contributed by atoms with Gasteiger partial charge in [-0.3, -0.25) is 0 Å². The number of ether oxygens (including phenoxy) is 2. The van der Waals surface area contributed by atoms with E-state index in [4.69, 9.17) is 20.9 Å². The molecule has 0 fully saturated rings. The fourth-order valence-corrected chi connectivity index (χ4v) is 3.85. The van der Waals surface area contributed by atoms with Crippen LogP contribution in [-0.2, 0) is 0 Å². The van der Waals surface area contributed by atoms with Crippen LogP contribution in [0.2, 0.25) is 0 Å². The van der Waals surface area contributed by atoms with Crippen LogP contribution >= 0.6 is 0 Å². The smallest absolute Gasteiger partial charge is 0.142 e. The predicted octanol–water partition coefficient (Wildman–Crippen LogP) is 8.00. The standard InChI is InChI=1S/C28H44N2O2/c1-3-5-7-9-11-13-19-31-27-17-15-23(21-25(27)29)24-16-18-28(26(30)22-24)32-20-14-12-10-8-6-4-2/h15-18,21-22H,3-14,19-20,29-30H2,1-2H3. The van der Waals surface area contributed by atoms with Gasteiger partial charge in [0.25, 0.3) is 0 Å². The lowest BCUT2D eigenvalue weighted by Gasteiger charge is -2.13. The largest absolute Gasteiger partial charge is 0.491 e. The normalized spacial score (nSPS) is 10.9. The second-order valence-corrected chi connectivity index (χ2v) is 8.74. The minimum Gasteiger partial charge on any atom is -0.491 e. The van der Waals surface area contributed by atoms with Gasteiger partial charge in [-0.2, -0.15) is 0 Å². The minimum absolute atomic E-state index is 0.662. The van der Waals surface area contributed by atoms with Gasteiger partial charge in [0.1, 0.15) is 11.5 Å². The SMILES string of the molecule is CCCCCCCCOc1ccc(-c2ccc(OCCCCCCCC)c(N)c2)cc1N. The maximum atomic E-state index is 6.25. The van der Waals surface area contributed by atoms with Gasteiger partial charge in [0.2, 0.25) is 0 Å². The van der Waals surface area contributed by atoms with Crippen molar-refractivity contribution < 1.29 is 9.47 Å². The summed E-state index contributed by atoms with van der Waals surface area (Å²) in [5.74, 6) is 1.52. The molecule has 0 saturated carbocycles. The third-order valence-corrected chi connectivity index (χ3v) is 5.86. The Labute approximate surface area is 195 Å². The van der Waals surface area contributed by atoms with Crippen LogP contribution < -0.4 is 20.9 Å². The fraction of sp³-hybridized carbons (Fsp3) is 0.571. The summed E-state index contributed by atoms with van der Waals surface area (Å²) >= 11 is 0. The van der Waals surface area contributed by atoms with E-state index in [1.165, 1.54) is 64.2 Å². The lowest BCUT2D eigenvalue weighted by molar-refractivity contribution is 0.306. The average Bonchev–Trinajstić information content (AvgIpc) is 2.79. The molecule has 4 heteroatoms. The molecular weight excluding hydrogens is 396 g/mol. The number of unbranched alkanes of at least 4 members (excludes halogenated alkanes) is 10. The zero-order chi connectivity index (χ0) is 23.0. The molecule has 0 saturated heterocycles. The predicted molar refractivity (Wildman–Crippen MR) is 138 cm³/mol. The Kier molecular flexibility index (Phi) is 12.5. The third kappa shape index (κ3) is 9.42. The topological polar surface area (TPSA) is 70.5 Å². The summed E-state index contributed by atoms with van der Waals surface area (Å²) < 4.78 is 11.8. The van der Waals surface area contributed by atoms with Crippen molar-refractivity contribution in [2.24, 2.45) is 0 Å². The van der Waals surface area contributed by atoms with Gasteiger partial charge in [-0.05, 0) is 48.2 Å². The molecule has 2 aromatic rings. The zero-order valence-corrected chi connectivity index (χ0v) is 20.3. The average molecular weight is 441 g/mol. The molecule has 0 aliphatic rings. The van der Waals surface area contributed by atoms with Crippen molar-refractivity contribution in [2.45, 2.75) is 90.9 Å². The zero-order valence-electron chi connectivity index (χ0n) is 20.3. The Hall–Kier alpha value is -2.36. The Morgan fingerprint density at radius 3 is 1.28 bits per heavy atom. The Morgan fingerprint density at radius 2 is 0.906 bits per heavy atom. The Morgan fingerprint density at radius 1 is 0.531 bits per heavy atom. The van der Waals surface area contributed by atoms with Gasteiger partial charge >= 0.3 is 0 Å². The number of nitrogen functional groups attached to an aromatic ring is 2. The number of hydrogen-bond donors (Lipinski definition) is 2. The van der Waals surface area contributed by atoms with E-state index in [1.54, 1.807) is 0 Å². The van der Waals surface area contributed by atoms with Crippen LogP contribution in [0.1, 0.15) is 90.9 Å². The van der Waals surface area contributed by atoms with Crippen molar-refractivity contribution in [3.05, 3.63) is 36.4 Å². The summed E-state index contributed by atoms with van der Waals surface area (Å²) in [5, 5.41) is 0. The van der Waals surface area contributed by atoms with Crippen LogP contribution in [0.4, 0.5) is 11.4 Å². The first-order chi connectivity index (χ1) is 15.7. The summed E-state index contributed by atoms with van der Waals surface area (Å²) in [6.45, 7) is 5.91. The highest BCUT2D eigenvalue weighted by atomic mass is 16.5. The molecule has 0 heterocycles. The second kappa shape index (κ2) is 15.4. The first-order valence-electron chi connectivity index (χ1n) is 12.7. The number of nitrogens with two attached hydrogens (primary N) is 2. The quantitative estimate of drug-likeness (QED) is 0.193. The van der Waals surface area contributed by atoms with Crippen molar-refractivity contribution in [1.82, 2.24) is 0 Å². The molecular formula is C28H44N2O2. The van der Waals surface area contributed by atoms with Gasteiger partial charge in [-0.1, -0.05) is 90.2 Å². The van der Waals surface area contributed by atoms with Crippen LogP contribution in [0.25, 0.3) is 11.1 Å². The maximum Gasteiger partial charge on any atom is 0.142 e. The molecule has 2 aromatic carbocycles. The first-order valence-corrected chi connectivity index (χ1v) is 12.7. The van der Waals surface area contributed by atoms with Gasteiger partial charge in [0.15, 0.2) is 0 Å². The lowest BCUT2D eigenvalue weighted by atomic mass is 10.0. The molecule has 0 aliphatic carbocycles. The number of rotatable bonds is 17.